The van der Waals surface area contributed by atoms with Crippen LogP contribution in [0.2, 0.25) is 0 Å². The predicted molar refractivity (Wildman–Crippen MR) is 120 cm³/mol. The van der Waals surface area contributed by atoms with Gasteiger partial charge < -0.3 is 18.8 Å². The van der Waals surface area contributed by atoms with E-state index in [9.17, 15) is 18.0 Å². The summed E-state index contributed by atoms with van der Waals surface area (Å²) in [6.07, 6.45) is 0. The molecule has 1 aromatic heterocycles. The predicted octanol–water partition coefficient (Wildman–Crippen LogP) is 1.78. The second-order valence-electron chi connectivity index (χ2n) is 7.48. The van der Waals surface area contributed by atoms with Gasteiger partial charge in [-0.1, -0.05) is 6.07 Å². The molecule has 0 saturated carbocycles. The molecule has 33 heavy (non-hydrogen) atoms. The maximum Gasteiger partial charge on any atom is 0.419 e. The fraction of sp³-hybridized carbons (Fsp3) is 0.364. The Morgan fingerprint density at radius 1 is 1.06 bits per heavy atom. The number of fused-ring (bicyclic) bond motifs is 1. The van der Waals surface area contributed by atoms with Crippen LogP contribution in [0.3, 0.4) is 0 Å². The highest BCUT2D eigenvalue weighted by Gasteiger charge is 2.32. The van der Waals surface area contributed by atoms with E-state index in [1.807, 2.05) is 6.92 Å². The Bertz CT molecular complexity index is 1350. The van der Waals surface area contributed by atoms with E-state index >= 15 is 0 Å². The third kappa shape index (κ3) is 3.98. The van der Waals surface area contributed by atoms with Crippen molar-refractivity contribution >= 4 is 27.0 Å². The Kier molecular flexibility index (Phi) is 6.17. The fourth-order valence-corrected chi connectivity index (χ4v) is 5.45. The molecule has 2 heterocycles. The number of aryl methyl sites for hydroxylation is 1. The first kappa shape index (κ1) is 22.9. The molecule has 1 saturated heterocycles. The monoisotopic (exact) mass is 475 g/mol. The summed E-state index contributed by atoms with van der Waals surface area (Å²) >= 11 is 0. The number of carbonyl (C=O) groups is 1. The first-order valence-corrected chi connectivity index (χ1v) is 11.9. The lowest BCUT2D eigenvalue weighted by atomic mass is 10.1. The van der Waals surface area contributed by atoms with Crippen molar-refractivity contribution in [1.29, 1.82) is 0 Å². The van der Waals surface area contributed by atoms with Crippen LogP contribution in [0, 0.1) is 0 Å². The molecule has 1 amide bonds. The molecule has 0 spiro atoms. The number of amides is 1. The van der Waals surface area contributed by atoms with Crippen molar-refractivity contribution in [2.24, 2.45) is 0 Å². The van der Waals surface area contributed by atoms with Gasteiger partial charge in [0.25, 0.3) is 5.91 Å². The fourth-order valence-electron chi connectivity index (χ4n) is 4.01. The summed E-state index contributed by atoms with van der Waals surface area (Å²) in [4.78, 5) is 26.6. The molecule has 1 aliphatic rings. The van der Waals surface area contributed by atoms with Gasteiger partial charge >= 0.3 is 5.76 Å². The van der Waals surface area contributed by atoms with E-state index in [-0.39, 0.29) is 42.6 Å². The van der Waals surface area contributed by atoms with Crippen molar-refractivity contribution in [3.63, 3.8) is 0 Å². The van der Waals surface area contributed by atoms with Crippen molar-refractivity contribution in [1.82, 2.24) is 13.8 Å². The first-order valence-electron chi connectivity index (χ1n) is 10.5. The normalized spacial score (nSPS) is 15.1. The van der Waals surface area contributed by atoms with E-state index in [2.05, 4.69) is 0 Å². The summed E-state index contributed by atoms with van der Waals surface area (Å²) in [5.41, 5.74) is 1.13. The molecule has 0 aliphatic carbocycles. The van der Waals surface area contributed by atoms with Crippen molar-refractivity contribution in [2.45, 2.75) is 18.4 Å². The van der Waals surface area contributed by atoms with Gasteiger partial charge in [0, 0.05) is 38.8 Å². The Hall–Kier alpha value is -3.31. The number of benzene rings is 2. The molecule has 3 aromatic rings. The van der Waals surface area contributed by atoms with Gasteiger partial charge in [0.1, 0.15) is 0 Å². The summed E-state index contributed by atoms with van der Waals surface area (Å²) in [5.74, 6) is 0.00594. The molecule has 10 nitrogen and oxygen atoms in total. The van der Waals surface area contributed by atoms with Crippen molar-refractivity contribution < 1.29 is 27.1 Å². The second kappa shape index (κ2) is 8.91. The zero-order chi connectivity index (χ0) is 23.8. The lowest BCUT2D eigenvalue weighted by molar-refractivity contribution is 0.0694. The first-order chi connectivity index (χ1) is 15.8. The van der Waals surface area contributed by atoms with Gasteiger partial charge in [0.05, 0.1) is 30.2 Å². The number of sulfonamides is 1. The zero-order valence-electron chi connectivity index (χ0n) is 18.6. The number of hydrogen-bond acceptors (Lipinski definition) is 7. The minimum atomic E-state index is -3.82. The lowest BCUT2D eigenvalue weighted by Gasteiger charge is -2.34. The number of ether oxygens (including phenoxy) is 2. The molecule has 4 rings (SSSR count). The van der Waals surface area contributed by atoms with Crippen LogP contribution in [0.1, 0.15) is 17.3 Å². The van der Waals surface area contributed by atoms with Crippen LogP contribution < -0.4 is 15.2 Å². The minimum Gasteiger partial charge on any atom is -0.493 e. The number of rotatable bonds is 6. The van der Waals surface area contributed by atoms with E-state index in [1.54, 1.807) is 29.2 Å². The highest BCUT2D eigenvalue weighted by molar-refractivity contribution is 7.89. The molecule has 1 fully saturated rings. The molecule has 11 heteroatoms. The molecule has 0 atom stereocenters. The summed E-state index contributed by atoms with van der Waals surface area (Å²) in [6, 6.07) is 9.47. The number of carbonyl (C=O) groups excluding carboxylic acids is 1. The van der Waals surface area contributed by atoms with Gasteiger partial charge in [-0.25, -0.2) is 13.2 Å². The summed E-state index contributed by atoms with van der Waals surface area (Å²) in [6.45, 7) is 2.95. The van der Waals surface area contributed by atoms with Crippen LogP contribution in [-0.4, -0.2) is 68.5 Å². The molecule has 2 aromatic carbocycles. The molecule has 0 N–H and O–H groups in total. The SMILES string of the molecule is CCn1c(=O)oc2cc(S(=O)(=O)N3CCN(C(=O)c4cccc(OC)c4OC)CC3)ccc21. The van der Waals surface area contributed by atoms with Gasteiger partial charge in [-0.05, 0) is 31.2 Å². The quantitative estimate of drug-likeness (QED) is 0.534. The van der Waals surface area contributed by atoms with Crippen LogP contribution in [0.25, 0.3) is 11.1 Å². The van der Waals surface area contributed by atoms with E-state index in [0.717, 1.165) is 0 Å². The summed E-state index contributed by atoms with van der Waals surface area (Å²) < 4.78 is 44.9. The largest absolute Gasteiger partial charge is 0.493 e. The van der Waals surface area contributed by atoms with Crippen LogP contribution in [-0.2, 0) is 16.6 Å². The number of aromatic nitrogens is 1. The number of hydrogen-bond donors (Lipinski definition) is 0. The van der Waals surface area contributed by atoms with Crippen LogP contribution in [0.4, 0.5) is 0 Å². The molecule has 0 bridgehead atoms. The van der Waals surface area contributed by atoms with Gasteiger partial charge in [0.15, 0.2) is 17.1 Å². The maximum atomic E-state index is 13.2. The highest BCUT2D eigenvalue weighted by Crippen LogP contribution is 2.32. The third-order valence-corrected chi connectivity index (χ3v) is 7.65. The molecular formula is C22H25N3O7S. The van der Waals surface area contributed by atoms with Crippen molar-refractivity contribution in [3.05, 3.63) is 52.5 Å². The Labute approximate surface area is 191 Å². The minimum absolute atomic E-state index is 0.0428. The topological polar surface area (TPSA) is 111 Å². The number of methoxy groups -OCH3 is 2. The number of nitrogens with zero attached hydrogens (tertiary/aromatic N) is 3. The number of oxazole rings is 1. The Balaban J connectivity index is 1.52. The van der Waals surface area contributed by atoms with Gasteiger partial charge in [-0.15, -0.1) is 0 Å². The standard InChI is InChI=1S/C22H25N3O7S/c1-4-25-17-9-8-15(14-19(17)32-22(25)27)33(28,29)24-12-10-23(11-13-24)21(26)16-6-5-7-18(30-2)20(16)31-3/h5-9,14H,4,10-13H2,1-3H3. The van der Waals surface area contributed by atoms with Gasteiger partial charge in [0.2, 0.25) is 10.0 Å². The molecule has 1 aliphatic heterocycles. The zero-order valence-corrected chi connectivity index (χ0v) is 19.4. The van der Waals surface area contributed by atoms with Crippen LogP contribution in [0.15, 0.2) is 50.5 Å². The second-order valence-corrected chi connectivity index (χ2v) is 9.42. The Morgan fingerprint density at radius 3 is 2.42 bits per heavy atom. The van der Waals surface area contributed by atoms with Crippen molar-refractivity contribution in [2.75, 3.05) is 40.4 Å². The average Bonchev–Trinajstić information content (AvgIpc) is 3.16. The van der Waals surface area contributed by atoms with Crippen LogP contribution in [0.5, 0.6) is 11.5 Å². The smallest absolute Gasteiger partial charge is 0.419 e. The lowest BCUT2D eigenvalue weighted by Crippen LogP contribution is -2.50. The third-order valence-electron chi connectivity index (χ3n) is 5.75. The molecule has 0 unspecified atom stereocenters. The van der Waals surface area contributed by atoms with Crippen LogP contribution >= 0.6 is 0 Å². The molecule has 0 radical (unpaired) electrons. The summed E-state index contributed by atoms with van der Waals surface area (Å²) in [7, 11) is -0.861. The Morgan fingerprint density at radius 2 is 1.79 bits per heavy atom. The average molecular weight is 476 g/mol. The van der Waals surface area contributed by atoms with E-state index in [0.29, 0.717) is 29.1 Å². The van der Waals surface area contributed by atoms with E-state index < -0.39 is 15.8 Å². The summed E-state index contributed by atoms with van der Waals surface area (Å²) in [5, 5.41) is 0. The van der Waals surface area contributed by atoms with E-state index in [1.165, 1.54) is 35.2 Å². The molecular weight excluding hydrogens is 450 g/mol. The molecule has 176 valence electrons. The maximum absolute atomic E-state index is 13.2. The number of piperazine rings is 1. The number of para-hydroxylation sites is 1. The highest BCUT2D eigenvalue weighted by atomic mass is 32.2. The van der Waals surface area contributed by atoms with Gasteiger partial charge in [-0.3, -0.25) is 9.36 Å². The van der Waals surface area contributed by atoms with Crippen molar-refractivity contribution in [3.8, 4) is 11.5 Å². The van der Waals surface area contributed by atoms with E-state index in [4.69, 9.17) is 13.9 Å². The van der Waals surface area contributed by atoms with Gasteiger partial charge in [-0.2, -0.15) is 4.31 Å².